The van der Waals surface area contributed by atoms with Crippen LogP contribution in [0, 0.1) is 0 Å². The van der Waals surface area contributed by atoms with Crippen molar-refractivity contribution in [2.45, 2.75) is 25.9 Å². The smallest absolute Gasteiger partial charge is 0.270 e. The number of hydrogen-bond acceptors (Lipinski definition) is 3. The average Bonchev–Trinajstić information content (AvgIpc) is 3.07. The number of benzene rings is 1. The van der Waals surface area contributed by atoms with Gasteiger partial charge in [-0.2, -0.15) is 0 Å². The van der Waals surface area contributed by atoms with Crippen molar-refractivity contribution in [3.63, 3.8) is 0 Å². The van der Waals surface area contributed by atoms with Gasteiger partial charge >= 0.3 is 0 Å². The van der Waals surface area contributed by atoms with E-state index in [1.54, 1.807) is 19.2 Å². The van der Waals surface area contributed by atoms with Gasteiger partial charge < -0.3 is 9.47 Å². The molecule has 1 aromatic carbocycles. The molecule has 0 unspecified atom stereocenters. The normalized spacial score (nSPS) is 17.6. The van der Waals surface area contributed by atoms with Crippen molar-refractivity contribution < 1.29 is 4.79 Å². The minimum absolute atomic E-state index is 0.0609. The summed E-state index contributed by atoms with van der Waals surface area (Å²) in [6.45, 7) is 5.41. The van der Waals surface area contributed by atoms with E-state index in [9.17, 15) is 9.59 Å². The van der Waals surface area contributed by atoms with Gasteiger partial charge in [0, 0.05) is 45.3 Å². The number of pyridine rings is 1. The lowest BCUT2D eigenvalue weighted by molar-refractivity contribution is 0.0682. The molecular weight excluding hydrogens is 314 g/mol. The third kappa shape index (κ3) is 3.82. The lowest BCUT2D eigenvalue weighted by Crippen LogP contribution is -2.43. The van der Waals surface area contributed by atoms with Crippen LogP contribution in [0.15, 0.2) is 53.3 Å². The van der Waals surface area contributed by atoms with Crippen molar-refractivity contribution in [2.24, 2.45) is 7.05 Å². The molecule has 1 aromatic heterocycles. The van der Waals surface area contributed by atoms with Crippen molar-refractivity contribution in [1.82, 2.24) is 14.4 Å². The van der Waals surface area contributed by atoms with Gasteiger partial charge in [0.25, 0.3) is 11.5 Å². The highest BCUT2D eigenvalue weighted by atomic mass is 16.2. The predicted octanol–water partition coefficient (Wildman–Crippen LogP) is 2.12. The van der Waals surface area contributed by atoms with Crippen molar-refractivity contribution in [1.29, 1.82) is 0 Å². The molecule has 2 heterocycles. The molecule has 1 fully saturated rings. The van der Waals surface area contributed by atoms with Crippen LogP contribution >= 0.6 is 0 Å². The fourth-order valence-electron chi connectivity index (χ4n) is 3.55. The number of nitrogens with zero attached hydrogens (tertiary/aromatic N) is 3. The van der Waals surface area contributed by atoms with Crippen LogP contribution in [-0.2, 0) is 13.6 Å². The maximum Gasteiger partial charge on any atom is 0.270 e. The van der Waals surface area contributed by atoms with Crippen molar-refractivity contribution in [3.05, 3.63) is 70.1 Å². The minimum atomic E-state index is -0.154. The van der Waals surface area contributed by atoms with E-state index in [1.807, 2.05) is 17.9 Å². The summed E-state index contributed by atoms with van der Waals surface area (Å²) in [6, 6.07) is 15.5. The predicted molar refractivity (Wildman–Crippen MR) is 98.5 cm³/mol. The number of likely N-dealkylation sites (N-methyl/N-ethyl adjacent to an activating group) is 1. The molecule has 0 spiro atoms. The summed E-state index contributed by atoms with van der Waals surface area (Å²) in [4.78, 5) is 29.1. The lowest BCUT2D eigenvalue weighted by Gasteiger charge is -2.28. The van der Waals surface area contributed by atoms with E-state index in [2.05, 4.69) is 29.2 Å². The van der Waals surface area contributed by atoms with Crippen LogP contribution in [0.5, 0.6) is 0 Å². The van der Waals surface area contributed by atoms with Crippen LogP contribution in [0.2, 0.25) is 0 Å². The summed E-state index contributed by atoms with van der Waals surface area (Å²) in [7, 11) is 1.65. The van der Waals surface area contributed by atoms with Crippen LogP contribution in [-0.4, -0.2) is 46.0 Å². The number of carbonyl (C=O) groups is 1. The topological polar surface area (TPSA) is 45.6 Å². The van der Waals surface area contributed by atoms with Crippen LogP contribution in [0.3, 0.4) is 0 Å². The largest absolute Gasteiger partial charge is 0.333 e. The molecule has 5 heteroatoms. The first kappa shape index (κ1) is 17.4. The number of likely N-dealkylation sites (tertiary alicyclic amines) is 1. The van der Waals surface area contributed by atoms with E-state index in [4.69, 9.17) is 0 Å². The molecule has 2 aromatic rings. The summed E-state index contributed by atoms with van der Waals surface area (Å²) >= 11 is 0. The Morgan fingerprint density at radius 1 is 1.16 bits per heavy atom. The molecule has 1 aliphatic rings. The maximum absolute atomic E-state index is 12.9. The molecule has 0 radical (unpaired) electrons. The first-order chi connectivity index (χ1) is 12.1. The Labute approximate surface area is 148 Å². The van der Waals surface area contributed by atoms with E-state index in [1.165, 1.54) is 16.2 Å². The molecule has 0 saturated carbocycles. The van der Waals surface area contributed by atoms with E-state index >= 15 is 0 Å². The van der Waals surface area contributed by atoms with Gasteiger partial charge in [-0.1, -0.05) is 36.4 Å². The van der Waals surface area contributed by atoms with Crippen molar-refractivity contribution >= 4 is 5.91 Å². The molecule has 1 aliphatic heterocycles. The van der Waals surface area contributed by atoms with Gasteiger partial charge in [0.05, 0.1) is 0 Å². The number of amides is 1. The Balaban J connectivity index is 1.70. The zero-order valence-corrected chi connectivity index (χ0v) is 14.9. The summed E-state index contributed by atoms with van der Waals surface area (Å²) in [6.07, 6.45) is 0.965. The summed E-state index contributed by atoms with van der Waals surface area (Å²) < 4.78 is 1.43. The zero-order chi connectivity index (χ0) is 17.8. The molecule has 0 bridgehead atoms. The van der Waals surface area contributed by atoms with Gasteiger partial charge in [0.15, 0.2) is 0 Å². The Hall–Kier alpha value is -2.40. The monoisotopic (exact) mass is 339 g/mol. The number of hydrogen-bond donors (Lipinski definition) is 0. The molecule has 1 amide bonds. The van der Waals surface area contributed by atoms with Gasteiger partial charge in [-0.3, -0.25) is 14.5 Å². The van der Waals surface area contributed by atoms with E-state index < -0.39 is 0 Å². The van der Waals surface area contributed by atoms with Gasteiger partial charge in [-0.25, -0.2) is 0 Å². The fourth-order valence-corrected chi connectivity index (χ4v) is 3.55. The van der Waals surface area contributed by atoms with Gasteiger partial charge in [-0.05, 0) is 25.0 Å². The molecule has 0 N–H and O–H groups in total. The van der Waals surface area contributed by atoms with Crippen LogP contribution < -0.4 is 5.56 Å². The molecule has 3 rings (SSSR count). The molecule has 132 valence electrons. The summed E-state index contributed by atoms with van der Waals surface area (Å²) in [5.41, 5.74) is 1.60. The number of rotatable bonds is 5. The minimum Gasteiger partial charge on any atom is -0.333 e. The first-order valence-corrected chi connectivity index (χ1v) is 8.83. The molecule has 25 heavy (non-hydrogen) atoms. The molecule has 0 aliphatic carbocycles. The van der Waals surface area contributed by atoms with E-state index in [0.717, 1.165) is 26.1 Å². The first-order valence-electron chi connectivity index (χ1n) is 8.83. The number of aromatic nitrogens is 1. The van der Waals surface area contributed by atoms with Crippen molar-refractivity contribution in [2.75, 3.05) is 19.6 Å². The van der Waals surface area contributed by atoms with Gasteiger partial charge in [-0.15, -0.1) is 0 Å². The zero-order valence-electron chi connectivity index (χ0n) is 14.9. The summed E-state index contributed by atoms with van der Waals surface area (Å²) in [5, 5.41) is 0. The van der Waals surface area contributed by atoms with E-state index in [0.29, 0.717) is 12.2 Å². The Morgan fingerprint density at radius 2 is 1.92 bits per heavy atom. The molecule has 1 saturated heterocycles. The lowest BCUT2D eigenvalue weighted by atomic mass is 10.2. The second-order valence-corrected chi connectivity index (χ2v) is 6.56. The van der Waals surface area contributed by atoms with Crippen LogP contribution in [0.4, 0.5) is 0 Å². The molecule has 5 nitrogen and oxygen atoms in total. The number of carbonyl (C=O) groups excluding carboxylic acids is 1. The van der Waals surface area contributed by atoms with Crippen molar-refractivity contribution in [3.8, 4) is 0 Å². The highest BCUT2D eigenvalue weighted by molar-refractivity contribution is 5.92. The third-order valence-electron chi connectivity index (χ3n) is 4.94. The van der Waals surface area contributed by atoms with Crippen LogP contribution in [0.1, 0.15) is 29.4 Å². The highest BCUT2D eigenvalue weighted by Crippen LogP contribution is 2.19. The second kappa shape index (κ2) is 7.66. The molecule has 1 atom stereocenters. The Morgan fingerprint density at radius 3 is 2.64 bits per heavy atom. The quantitative estimate of drug-likeness (QED) is 0.838. The molecular formula is C20H25N3O2. The highest BCUT2D eigenvalue weighted by Gasteiger charge is 2.31. The van der Waals surface area contributed by atoms with Gasteiger partial charge in [0.1, 0.15) is 5.69 Å². The van der Waals surface area contributed by atoms with Gasteiger partial charge in [0.2, 0.25) is 0 Å². The second-order valence-electron chi connectivity index (χ2n) is 6.56. The van der Waals surface area contributed by atoms with E-state index in [-0.39, 0.29) is 17.5 Å². The fraction of sp³-hybridized carbons (Fsp3) is 0.400. The summed E-state index contributed by atoms with van der Waals surface area (Å²) in [5.74, 6) is -0.0609. The SMILES string of the molecule is CCN(C(=O)c1cccc(=O)n1C)[C@H]1CCN(Cc2ccccc2)C1. The Kier molecular flexibility index (Phi) is 5.34. The standard InChI is InChI=1S/C20H25N3O2/c1-3-23(20(25)18-10-7-11-19(24)21(18)2)17-12-13-22(15-17)14-16-8-5-4-6-9-16/h4-11,17H,3,12-15H2,1-2H3/t17-/m0/s1. The van der Waals surface area contributed by atoms with Crippen LogP contribution in [0.25, 0.3) is 0 Å². The third-order valence-corrected chi connectivity index (χ3v) is 4.94. The average molecular weight is 339 g/mol. The maximum atomic E-state index is 12.9. The Bertz CT molecular complexity index is 785.